The standard InChI is InChI=1S/C18H22N2O4/c1-11(2)8-16-19-12(3)17(24-16)18(21)20-13-4-6-14(7-5-13)23-15-9-22-10-15/h4-7,11,15H,8-10H2,1-3H3,(H,20,21). The summed E-state index contributed by atoms with van der Waals surface area (Å²) < 4.78 is 16.4. The van der Waals surface area contributed by atoms with Gasteiger partial charge in [0.15, 0.2) is 5.89 Å². The molecule has 1 fully saturated rings. The lowest BCUT2D eigenvalue weighted by Gasteiger charge is -2.26. The Kier molecular flexibility index (Phi) is 4.85. The van der Waals surface area contributed by atoms with Crippen LogP contribution >= 0.6 is 0 Å². The Morgan fingerprint density at radius 3 is 2.62 bits per heavy atom. The Hall–Kier alpha value is -2.34. The number of amides is 1. The van der Waals surface area contributed by atoms with Gasteiger partial charge < -0.3 is 19.2 Å². The second-order valence-corrected chi connectivity index (χ2v) is 6.38. The van der Waals surface area contributed by atoms with E-state index in [1.165, 1.54) is 0 Å². The number of oxazole rings is 1. The summed E-state index contributed by atoms with van der Waals surface area (Å²) in [5.74, 6) is 1.75. The molecule has 1 aromatic heterocycles. The van der Waals surface area contributed by atoms with Gasteiger partial charge in [-0.3, -0.25) is 4.79 Å². The van der Waals surface area contributed by atoms with Gasteiger partial charge in [0.25, 0.3) is 5.91 Å². The van der Waals surface area contributed by atoms with Crippen LogP contribution in [-0.4, -0.2) is 30.2 Å². The van der Waals surface area contributed by atoms with Crippen LogP contribution in [0.4, 0.5) is 5.69 Å². The van der Waals surface area contributed by atoms with Gasteiger partial charge in [0, 0.05) is 12.1 Å². The smallest absolute Gasteiger partial charge is 0.293 e. The van der Waals surface area contributed by atoms with E-state index in [1.54, 1.807) is 19.1 Å². The second-order valence-electron chi connectivity index (χ2n) is 6.38. The molecule has 1 N–H and O–H groups in total. The number of nitrogens with one attached hydrogen (secondary N) is 1. The van der Waals surface area contributed by atoms with Crippen molar-refractivity contribution in [1.82, 2.24) is 4.98 Å². The zero-order chi connectivity index (χ0) is 17.1. The maximum atomic E-state index is 12.4. The molecule has 0 spiro atoms. The fourth-order valence-corrected chi connectivity index (χ4v) is 2.38. The number of ether oxygens (including phenoxy) is 2. The summed E-state index contributed by atoms with van der Waals surface area (Å²) >= 11 is 0. The number of hydrogen-bond donors (Lipinski definition) is 1. The van der Waals surface area contributed by atoms with Gasteiger partial charge in [-0.05, 0) is 37.1 Å². The Bertz CT molecular complexity index is 702. The van der Waals surface area contributed by atoms with Crippen LogP contribution in [0.5, 0.6) is 5.75 Å². The number of benzene rings is 1. The minimum atomic E-state index is -0.295. The third kappa shape index (κ3) is 3.94. The molecule has 1 aromatic carbocycles. The van der Waals surface area contributed by atoms with Gasteiger partial charge in [-0.1, -0.05) is 13.8 Å². The Morgan fingerprint density at radius 2 is 2.04 bits per heavy atom. The summed E-state index contributed by atoms with van der Waals surface area (Å²) in [6.45, 7) is 7.20. The van der Waals surface area contributed by atoms with Gasteiger partial charge in [0.05, 0.1) is 18.9 Å². The van der Waals surface area contributed by atoms with E-state index in [4.69, 9.17) is 13.9 Å². The minimum Gasteiger partial charge on any atom is -0.486 e. The number of rotatable bonds is 6. The monoisotopic (exact) mass is 330 g/mol. The first-order valence-corrected chi connectivity index (χ1v) is 8.13. The van der Waals surface area contributed by atoms with Gasteiger partial charge in [-0.15, -0.1) is 0 Å². The van der Waals surface area contributed by atoms with E-state index in [9.17, 15) is 4.79 Å². The Morgan fingerprint density at radius 1 is 1.33 bits per heavy atom. The van der Waals surface area contributed by atoms with Crippen molar-refractivity contribution in [2.45, 2.75) is 33.3 Å². The molecule has 2 aromatic rings. The van der Waals surface area contributed by atoms with Gasteiger partial charge in [0.1, 0.15) is 11.9 Å². The van der Waals surface area contributed by atoms with Crippen LogP contribution < -0.4 is 10.1 Å². The van der Waals surface area contributed by atoms with Crippen molar-refractivity contribution in [3.8, 4) is 5.75 Å². The maximum Gasteiger partial charge on any atom is 0.293 e. The molecular formula is C18H22N2O4. The van der Waals surface area contributed by atoms with Crippen molar-refractivity contribution >= 4 is 11.6 Å². The molecule has 2 heterocycles. The summed E-state index contributed by atoms with van der Waals surface area (Å²) in [5.41, 5.74) is 1.28. The first-order valence-electron chi connectivity index (χ1n) is 8.13. The molecule has 3 rings (SSSR count). The average molecular weight is 330 g/mol. The summed E-state index contributed by atoms with van der Waals surface area (Å²) in [5, 5.41) is 2.82. The lowest BCUT2D eigenvalue weighted by atomic mass is 10.1. The van der Waals surface area contributed by atoms with Crippen LogP contribution in [-0.2, 0) is 11.2 Å². The maximum absolute atomic E-state index is 12.4. The normalized spacial score (nSPS) is 14.5. The molecular weight excluding hydrogens is 308 g/mol. The summed E-state index contributed by atoms with van der Waals surface area (Å²) in [6, 6.07) is 7.25. The highest BCUT2D eigenvalue weighted by atomic mass is 16.6. The van der Waals surface area contributed by atoms with E-state index in [-0.39, 0.29) is 17.8 Å². The first-order chi connectivity index (χ1) is 11.5. The molecule has 1 aliphatic rings. The van der Waals surface area contributed by atoms with Crippen LogP contribution in [0.3, 0.4) is 0 Å². The molecule has 1 amide bonds. The largest absolute Gasteiger partial charge is 0.486 e. The minimum absolute atomic E-state index is 0.127. The van der Waals surface area contributed by atoms with Gasteiger partial charge >= 0.3 is 0 Å². The predicted octanol–water partition coefficient (Wildman–Crippen LogP) is 3.21. The van der Waals surface area contributed by atoms with Crippen molar-refractivity contribution in [3.63, 3.8) is 0 Å². The molecule has 1 aliphatic heterocycles. The van der Waals surface area contributed by atoms with Gasteiger partial charge in [-0.25, -0.2) is 4.98 Å². The van der Waals surface area contributed by atoms with Crippen molar-refractivity contribution in [3.05, 3.63) is 41.6 Å². The van der Waals surface area contributed by atoms with Gasteiger partial charge in [0.2, 0.25) is 5.76 Å². The predicted molar refractivity (Wildman–Crippen MR) is 89.4 cm³/mol. The van der Waals surface area contributed by atoms with Crippen molar-refractivity contribution in [1.29, 1.82) is 0 Å². The Labute approximate surface area is 141 Å². The van der Waals surface area contributed by atoms with Crippen LogP contribution in [0.25, 0.3) is 0 Å². The third-order valence-corrected chi connectivity index (χ3v) is 3.65. The zero-order valence-electron chi connectivity index (χ0n) is 14.2. The van der Waals surface area contributed by atoms with E-state index >= 15 is 0 Å². The first kappa shape index (κ1) is 16.5. The number of carbonyl (C=O) groups is 1. The number of nitrogens with zero attached hydrogens (tertiary/aromatic N) is 1. The highest BCUT2D eigenvalue weighted by Gasteiger charge is 2.20. The highest BCUT2D eigenvalue weighted by Crippen LogP contribution is 2.20. The third-order valence-electron chi connectivity index (χ3n) is 3.65. The van der Waals surface area contributed by atoms with E-state index in [2.05, 4.69) is 24.1 Å². The average Bonchev–Trinajstić information content (AvgIpc) is 2.84. The molecule has 1 saturated heterocycles. The van der Waals surface area contributed by atoms with Gasteiger partial charge in [-0.2, -0.15) is 0 Å². The molecule has 0 unspecified atom stereocenters. The molecule has 0 aliphatic carbocycles. The number of carbonyl (C=O) groups excluding carboxylic acids is 1. The summed E-state index contributed by atoms with van der Waals surface area (Å²) in [6.07, 6.45) is 0.840. The van der Waals surface area contributed by atoms with E-state index < -0.39 is 0 Å². The van der Waals surface area contributed by atoms with Crippen LogP contribution in [0.15, 0.2) is 28.7 Å². The fourth-order valence-electron chi connectivity index (χ4n) is 2.38. The summed E-state index contributed by atoms with van der Waals surface area (Å²) in [4.78, 5) is 16.7. The molecule has 128 valence electrons. The zero-order valence-corrected chi connectivity index (χ0v) is 14.2. The lowest BCUT2D eigenvalue weighted by Crippen LogP contribution is -2.38. The Balaban J connectivity index is 1.62. The lowest BCUT2D eigenvalue weighted by molar-refractivity contribution is -0.0796. The molecule has 6 heteroatoms. The van der Waals surface area contributed by atoms with E-state index in [1.807, 2.05) is 12.1 Å². The summed E-state index contributed by atoms with van der Waals surface area (Å²) in [7, 11) is 0. The molecule has 0 atom stereocenters. The molecule has 0 bridgehead atoms. The SMILES string of the molecule is Cc1nc(CC(C)C)oc1C(=O)Nc1ccc(OC2COC2)cc1. The van der Waals surface area contributed by atoms with Crippen molar-refractivity contribution in [2.24, 2.45) is 5.92 Å². The molecule has 0 radical (unpaired) electrons. The number of aryl methyl sites for hydroxylation is 1. The van der Waals surface area contributed by atoms with E-state index in [0.29, 0.717) is 42.8 Å². The highest BCUT2D eigenvalue weighted by molar-refractivity contribution is 6.02. The molecule has 6 nitrogen and oxygen atoms in total. The van der Waals surface area contributed by atoms with Crippen LogP contribution in [0.1, 0.15) is 36.0 Å². The quantitative estimate of drug-likeness (QED) is 0.880. The molecule has 24 heavy (non-hydrogen) atoms. The second kappa shape index (κ2) is 7.05. The van der Waals surface area contributed by atoms with E-state index in [0.717, 1.165) is 5.75 Å². The number of anilines is 1. The van der Waals surface area contributed by atoms with Crippen LogP contribution in [0.2, 0.25) is 0 Å². The topological polar surface area (TPSA) is 73.6 Å². The molecule has 0 saturated carbocycles. The number of hydrogen-bond acceptors (Lipinski definition) is 5. The fraction of sp³-hybridized carbons (Fsp3) is 0.444. The van der Waals surface area contributed by atoms with Crippen molar-refractivity contribution in [2.75, 3.05) is 18.5 Å². The number of aromatic nitrogens is 1. The van der Waals surface area contributed by atoms with Crippen molar-refractivity contribution < 1.29 is 18.7 Å². The van der Waals surface area contributed by atoms with Crippen LogP contribution in [0, 0.1) is 12.8 Å².